The molecule has 1 saturated carbocycles. The normalized spacial score (nSPS) is 36.2. The Kier molecular flexibility index (Phi) is 4.80. The number of nitrogens with one attached hydrogen (secondary N) is 1. The molecule has 4 heteroatoms. The molecule has 1 aliphatic rings. The molecule has 4 atom stereocenters. The molecular formula is C12H25NO2S. The maximum Gasteiger partial charge on any atom is 0.152 e. The Labute approximate surface area is 99.9 Å². The maximum absolute atomic E-state index is 11.8. The number of rotatable bonds is 4. The molecule has 1 fully saturated rings. The molecule has 0 radical (unpaired) electrons. The number of sulfone groups is 1. The van der Waals surface area contributed by atoms with Gasteiger partial charge >= 0.3 is 0 Å². The van der Waals surface area contributed by atoms with E-state index < -0.39 is 9.84 Å². The van der Waals surface area contributed by atoms with E-state index in [4.69, 9.17) is 0 Å². The van der Waals surface area contributed by atoms with Gasteiger partial charge in [-0.05, 0) is 37.6 Å². The lowest BCUT2D eigenvalue weighted by Crippen LogP contribution is -2.51. The van der Waals surface area contributed by atoms with Gasteiger partial charge in [-0.25, -0.2) is 8.42 Å². The Bertz CT molecular complexity index is 313. The van der Waals surface area contributed by atoms with E-state index in [0.717, 1.165) is 25.8 Å². The minimum Gasteiger partial charge on any atom is -0.313 e. The van der Waals surface area contributed by atoms with Crippen molar-refractivity contribution >= 4 is 9.84 Å². The fourth-order valence-electron chi connectivity index (χ4n) is 3.08. The summed E-state index contributed by atoms with van der Waals surface area (Å²) in [6.07, 6.45) is 4.45. The molecule has 3 nitrogen and oxygen atoms in total. The van der Waals surface area contributed by atoms with E-state index in [1.165, 1.54) is 6.26 Å². The third kappa shape index (κ3) is 3.45. The van der Waals surface area contributed by atoms with Crippen LogP contribution in [0.15, 0.2) is 0 Å². The van der Waals surface area contributed by atoms with Crippen molar-refractivity contribution in [3.8, 4) is 0 Å². The molecule has 0 bridgehead atoms. The lowest BCUT2D eigenvalue weighted by Gasteiger charge is -2.39. The monoisotopic (exact) mass is 247 g/mol. The van der Waals surface area contributed by atoms with E-state index in [-0.39, 0.29) is 17.2 Å². The first-order valence-corrected chi connectivity index (χ1v) is 8.24. The average Bonchev–Trinajstić information content (AvgIpc) is 2.10. The van der Waals surface area contributed by atoms with E-state index in [9.17, 15) is 8.42 Å². The van der Waals surface area contributed by atoms with Gasteiger partial charge in [0.05, 0.1) is 5.25 Å². The highest BCUT2D eigenvalue weighted by molar-refractivity contribution is 7.91. The van der Waals surface area contributed by atoms with Crippen molar-refractivity contribution in [1.82, 2.24) is 5.32 Å². The van der Waals surface area contributed by atoms with Crippen LogP contribution in [0.2, 0.25) is 0 Å². The van der Waals surface area contributed by atoms with Gasteiger partial charge in [0.2, 0.25) is 0 Å². The standard InChI is InChI=1S/C12H25NO2S/c1-5-6-13-11-8-9(2)7-10(3)12(11)16(4,14)15/h9-13H,5-8H2,1-4H3. The fraction of sp³-hybridized carbons (Fsp3) is 1.00. The molecule has 0 heterocycles. The van der Waals surface area contributed by atoms with Gasteiger partial charge in [-0.2, -0.15) is 0 Å². The summed E-state index contributed by atoms with van der Waals surface area (Å²) in [7, 11) is -2.94. The Balaban J connectivity index is 2.81. The minimum atomic E-state index is -2.94. The highest BCUT2D eigenvalue weighted by Gasteiger charge is 2.39. The predicted molar refractivity (Wildman–Crippen MR) is 68.3 cm³/mol. The van der Waals surface area contributed by atoms with Crippen LogP contribution in [0.3, 0.4) is 0 Å². The summed E-state index contributed by atoms with van der Waals surface area (Å²) in [5.41, 5.74) is 0. The zero-order chi connectivity index (χ0) is 12.3. The molecule has 0 amide bonds. The van der Waals surface area contributed by atoms with Crippen molar-refractivity contribution < 1.29 is 8.42 Å². The maximum atomic E-state index is 11.8. The third-order valence-corrected chi connectivity index (χ3v) is 5.32. The highest BCUT2D eigenvalue weighted by Crippen LogP contribution is 2.33. The number of hydrogen-bond donors (Lipinski definition) is 1. The van der Waals surface area contributed by atoms with E-state index in [1.54, 1.807) is 0 Å². The Morgan fingerprint density at radius 3 is 2.38 bits per heavy atom. The molecular weight excluding hydrogens is 222 g/mol. The molecule has 4 unspecified atom stereocenters. The topological polar surface area (TPSA) is 46.2 Å². The molecule has 16 heavy (non-hydrogen) atoms. The summed E-state index contributed by atoms with van der Waals surface area (Å²) in [4.78, 5) is 0. The average molecular weight is 247 g/mol. The molecule has 0 aliphatic heterocycles. The van der Waals surface area contributed by atoms with Crippen LogP contribution < -0.4 is 5.32 Å². The van der Waals surface area contributed by atoms with Crippen molar-refractivity contribution in [2.45, 2.75) is 51.3 Å². The lowest BCUT2D eigenvalue weighted by atomic mass is 9.80. The molecule has 1 rings (SSSR count). The van der Waals surface area contributed by atoms with E-state index in [1.807, 2.05) is 0 Å². The van der Waals surface area contributed by atoms with Crippen LogP contribution in [0.5, 0.6) is 0 Å². The molecule has 1 N–H and O–H groups in total. The first kappa shape index (κ1) is 14.0. The fourth-order valence-corrected chi connectivity index (χ4v) is 4.84. The predicted octanol–water partition coefficient (Wildman–Crippen LogP) is 1.83. The lowest BCUT2D eigenvalue weighted by molar-refractivity contribution is 0.242. The summed E-state index contributed by atoms with van der Waals surface area (Å²) in [5.74, 6) is 0.899. The van der Waals surface area contributed by atoms with E-state index >= 15 is 0 Å². The second-order valence-corrected chi connectivity index (χ2v) is 7.61. The van der Waals surface area contributed by atoms with Crippen molar-refractivity contribution in [1.29, 1.82) is 0 Å². The largest absolute Gasteiger partial charge is 0.313 e. The first-order chi connectivity index (χ1) is 7.36. The zero-order valence-electron chi connectivity index (χ0n) is 10.9. The molecule has 0 spiro atoms. The van der Waals surface area contributed by atoms with Crippen molar-refractivity contribution in [2.24, 2.45) is 11.8 Å². The molecule has 96 valence electrons. The van der Waals surface area contributed by atoms with E-state index in [2.05, 4.69) is 26.1 Å². The molecule has 0 saturated heterocycles. The molecule has 1 aliphatic carbocycles. The number of hydrogen-bond acceptors (Lipinski definition) is 3. The van der Waals surface area contributed by atoms with Crippen molar-refractivity contribution in [3.63, 3.8) is 0 Å². The van der Waals surface area contributed by atoms with Crippen LogP contribution in [-0.4, -0.2) is 32.5 Å². The van der Waals surface area contributed by atoms with Crippen LogP contribution in [0.1, 0.15) is 40.0 Å². The second-order valence-electron chi connectivity index (χ2n) is 5.41. The summed E-state index contributed by atoms with van der Waals surface area (Å²) in [5, 5.41) is 3.21. The summed E-state index contributed by atoms with van der Waals surface area (Å²) in [6.45, 7) is 7.31. The Morgan fingerprint density at radius 2 is 1.88 bits per heavy atom. The quantitative estimate of drug-likeness (QED) is 0.824. The SMILES string of the molecule is CCCNC1CC(C)CC(C)C1S(C)(=O)=O. The second kappa shape index (κ2) is 5.50. The van der Waals surface area contributed by atoms with Gasteiger partial charge in [0, 0.05) is 12.3 Å². The van der Waals surface area contributed by atoms with Crippen LogP contribution in [-0.2, 0) is 9.84 Å². The Morgan fingerprint density at radius 1 is 1.25 bits per heavy atom. The zero-order valence-corrected chi connectivity index (χ0v) is 11.7. The smallest absolute Gasteiger partial charge is 0.152 e. The summed E-state index contributed by atoms with van der Waals surface area (Å²) >= 11 is 0. The van der Waals surface area contributed by atoms with Crippen LogP contribution >= 0.6 is 0 Å². The first-order valence-electron chi connectivity index (χ1n) is 6.28. The van der Waals surface area contributed by atoms with Gasteiger partial charge in [0.1, 0.15) is 0 Å². The highest BCUT2D eigenvalue weighted by atomic mass is 32.2. The summed E-state index contributed by atoms with van der Waals surface area (Å²) in [6, 6.07) is 0.147. The van der Waals surface area contributed by atoms with E-state index in [0.29, 0.717) is 5.92 Å². The Hall–Kier alpha value is -0.0900. The van der Waals surface area contributed by atoms with Gasteiger partial charge in [-0.15, -0.1) is 0 Å². The summed E-state index contributed by atoms with van der Waals surface area (Å²) < 4.78 is 23.7. The van der Waals surface area contributed by atoms with Crippen LogP contribution in [0, 0.1) is 11.8 Å². The molecule has 0 aromatic rings. The van der Waals surface area contributed by atoms with Gasteiger partial charge in [-0.1, -0.05) is 20.8 Å². The third-order valence-electron chi connectivity index (χ3n) is 3.54. The molecule has 0 aromatic heterocycles. The van der Waals surface area contributed by atoms with Gasteiger partial charge in [0.25, 0.3) is 0 Å². The minimum absolute atomic E-state index is 0.147. The van der Waals surface area contributed by atoms with Crippen molar-refractivity contribution in [2.75, 3.05) is 12.8 Å². The van der Waals surface area contributed by atoms with Gasteiger partial charge < -0.3 is 5.32 Å². The van der Waals surface area contributed by atoms with Crippen LogP contribution in [0.25, 0.3) is 0 Å². The van der Waals surface area contributed by atoms with Crippen LogP contribution in [0.4, 0.5) is 0 Å². The molecule has 0 aromatic carbocycles. The van der Waals surface area contributed by atoms with Gasteiger partial charge in [-0.3, -0.25) is 0 Å². The van der Waals surface area contributed by atoms with Crippen molar-refractivity contribution in [3.05, 3.63) is 0 Å². The van der Waals surface area contributed by atoms with Gasteiger partial charge in [0.15, 0.2) is 9.84 Å².